The molecule has 0 saturated heterocycles. The third kappa shape index (κ3) is 3.88. The number of nitrogens with zero attached hydrogens (tertiary/aromatic N) is 1. The first-order valence-electron chi connectivity index (χ1n) is 8.19. The van der Waals surface area contributed by atoms with Gasteiger partial charge in [0.1, 0.15) is 0 Å². The topological polar surface area (TPSA) is 15.3 Å². The summed E-state index contributed by atoms with van der Waals surface area (Å²) in [6.07, 6.45) is 7.50. The monoisotopic (exact) mass is 516 g/mol. The van der Waals surface area contributed by atoms with Crippen LogP contribution in [0.5, 0.6) is 0 Å². The van der Waals surface area contributed by atoms with Gasteiger partial charge >= 0.3 is 0 Å². The molecule has 26 heavy (non-hydrogen) atoms. The Bertz CT molecular complexity index is 868. The summed E-state index contributed by atoms with van der Waals surface area (Å²) in [6, 6.07) is 16.4. The van der Waals surface area contributed by atoms with Gasteiger partial charge in [-0.05, 0) is 59.7 Å². The number of nitrogens with one attached hydrogen (secondary N) is 1. The molecule has 0 bridgehead atoms. The van der Waals surface area contributed by atoms with Crippen LogP contribution in [0.3, 0.4) is 0 Å². The van der Waals surface area contributed by atoms with Crippen molar-refractivity contribution in [3.05, 3.63) is 93.2 Å². The molecule has 2 aliphatic rings. The van der Waals surface area contributed by atoms with Gasteiger partial charge in [-0.3, -0.25) is 5.43 Å². The zero-order valence-electron chi connectivity index (χ0n) is 14.2. The summed E-state index contributed by atoms with van der Waals surface area (Å²) in [7, 11) is 0. The van der Waals surface area contributed by atoms with Crippen LogP contribution >= 0.6 is 59.1 Å². The maximum absolute atomic E-state index is 6.30. The smallest absolute Gasteiger partial charge is 0.0566 e. The molecule has 2 nitrogen and oxygen atoms in total. The molecular formula is C20H19Cl2IN2S. The molecule has 2 aromatic carbocycles. The molecule has 0 aromatic heterocycles. The molecular weight excluding hydrogens is 498 g/mol. The van der Waals surface area contributed by atoms with Crippen molar-refractivity contribution in [2.45, 2.75) is 18.3 Å². The molecule has 4 rings (SSSR count). The Morgan fingerprint density at radius 3 is 2.35 bits per heavy atom. The summed E-state index contributed by atoms with van der Waals surface area (Å²) < 4.78 is 2.05. The highest BCUT2D eigenvalue weighted by molar-refractivity contribution is 14.0. The van der Waals surface area contributed by atoms with Crippen molar-refractivity contribution in [3.8, 4) is 0 Å². The third-order valence-corrected chi connectivity index (χ3v) is 5.85. The van der Waals surface area contributed by atoms with Crippen LogP contribution in [0.15, 0.2) is 72.1 Å². The first-order chi connectivity index (χ1) is 12.2. The molecule has 2 aromatic rings. The Morgan fingerprint density at radius 2 is 1.69 bits per heavy atom. The minimum Gasteiger partial charge on any atom is -0.289 e. The number of allylic oxidation sites excluding steroid dienone is 2. The normalized spacial score (nSPS) is 21.3. The Morgan fingerprint density at radius 1 is 1.04 bits per heavy atom. The summed E-state index contributed by atoms with van der Waals surface area (Å²) in [4.78, 5) is 0. The molecule has 1 aliphatic carbocycles. The summed E-state index contributed by atoms with van der Waals surface area (Å²) >= 11 is 14.2. The molecule has 6 heteroatoms. The quantitative estimate of drug-likeness (QED) is 0.359. The van der Waals surface area contributed by atoms with Crippen molar-refractivity contribution in [1.82, 2.24) is 9.84 Å². The first-order valence-corrected chi connectivity index (χ1v) is 10.1. The average molecular weight is 517 g/mol. The van der Waals surface area contributed by atoms with Gasteiger partial charge in [0.25, 0.3) is 0 Å². The molecule has 2 atom stereocenters. The van der Waals surface area contributed by atoms with E-state index in [2.05, 4.69) is 52.6 Å². The number of halogens is 3. The van der Waals surface area contributed by atoms with Crippen molar-refractivity contribution < 1.29 is 0 Å². The molecule has 0 saturated carbocycles. The van der Waals surface area contributed by atoms with Crippen LogP contribution < -0.4 is 5.43 Å². The lowest BCUT2D eigenvalue weighted by atomic mass is 9.72. The van der Waals surface area contributed by atoms with E-state index in [9.17, 15) is 0 Å². The van der Waals surface area contributed by atoms with Crippen LogP contribution in [0, 0.1) is 0 Å². The second-order valence-corrected chi connectivity index (χ2v) is 7.88. The predicted octanol–water partition coefficient (Wildman–Crippen LogP) is 6.75. The highest BCUT2D eigenvalue weighted by atomic mass is 127. The summed E-state index contributed by atoms with van der Waals surface area (Å²) in [5.41, 5.74) is 8.43. The molecule has 1 N–H and O–H groups in total. The second-order valence-electron chi connectivity index (χ2n) is 6.25. The van der Waals surface area contributed by atoms with Gasteiger partial charge in [0.15, 0.2) is 0 Å². The summed E-state index contributed by atoms with van der Waals surface area (Å²) in [6.45, 7) is 0. The maximum atomic E-state index is 6.30. The first kappa shape index (κ1) is 19.9. The van der Waals surface area contributed by atoms with Gasteiger partial charge in [0.2, 0.25) is 0 Å². The fourth-order valence-electron chi connectivity index (χ4n) is 3.70. The maximum Gasteiger partial charge on any atom is 0.0566 e. The highest BCUT2D eigenvalue weighted by Gasteiger charge is 2.36. The Labute approximate surface area is 185 Å². The van der Waals surface area contributed by atoms with Crippen molar-refractivity contribution >= 4 is 59.1 Å². The van der Waals surface area contributed by atoms with Gasteiger partial charge < -0.3 is 0 Å². The summed E-state index contributed by atoms with van der Waals surface area (Å²) in [5.74, 6) is 0.567. The largest absolute Gasteiger partial charge is 0.289 e. The molecule has 0 spiro atoms. The standard InChI is InChI=1S/C20H18Cl2N2S.HI/c1-25-24-12-18-19(23-24)9-8-17(13-4-2-6-15(21)10-13)20(18)14-5-3-7-16(22)11-14;/h2-7,9-12,17,20,23H,8H2,1H3;1H/t17-,20+;/m0./s1. The van der Waals surface area contributed by atoms with E-state index in [-0.39, 0.29) is 29.9 Å². The third-order valence-electron chi connectivity index (χ3n) is 4.79. The van der Waals surface area contributed by atoms with Gasteiger partial charge in [-0.15, -0.1) is 24.0 Å². The van der Waals surface area contributed by atoms with E-state index in [4.69, 9.17) is 23.2 Å². The lowest BCUT2D eigenvalue weighted by Gasteiger charge is -2.32. The lowest BCUT2D eigenvalue weighted by Crippen LogP contribution is -2.24. The van der Waals surface area contributed by atoms with Crippen molar-refractivity contribution in [1.29, 1.82) is 0 Å². The minimum atomic E-state index is 0. The van der Waals surface area contributed by atoms with Crippen LogP contribution in [0.4, 0.5) is 0 Å². The lowest BCUT2D eigenvalue weighted by molar-refractivity contribution is 0.539. The Kier molecular flexibility index (Phi) is 6.49. The molecule has 0 radical (unpaired) electrons. The molecule has 1 aliphatic heterocycles. The van der Waals surface area contributed by atoms with Crippen LogP contribution in [0.1, 0.15) is 29.4 Å². The van der Waals surface area contributed by atoms with Crippen molar-refractivity contribution in [2.24, 2.45) is 0 Å². The zero-order valence-corrected chi connectivity index (χ0v) is 18.8. The fraction of sp³-hybridized carbons (Fsp3) is 0.200. The van der Waals surface area contributed by atoms with Crippen LogP contribution in [0.25, 0.3) is 0 Å². The predicted molar refractivity (Wildman–Crippen MR) is 123 cm³/mol. The number of hydrogen-bond acceptors (Lipinski definition) is 3. The van der Waals surface area contributed by atoms with Crippen LogP contribution in [0.2, 0.25) is 10.0 Å². The van der Waals surface area contributed by atoms with E-state index < -0.39 is 0 Å². The van der Waals surface area contributed by atoms with Gasteiger partial charge in [-0.2, -0.15) is 0 Å². The number of hydrazine groups is 1. The zero-order chi connectivity index (χ0) is 17.4. The van der Waals surface area contributed by atoms with Crippen molar-refractivity contribution in [3.63, 3.8) is 0 Å². The van der Waals surface area contributed by atoms with E-state index in [1.54, 1.807) is 11.9 Å². The number of benzene rings is 2. The molecule has 0 unspecified atom stereocenters. The van der Waals surface area contributed by atoms with Gasteiger partial charge in [0, 0.05) is 34.0 Å². The van der Waals surface area contributed by atoms with E-state index in [0.717, 1.165) is 16.5 Å². The molecule has 0 fully saturated rings. The van der Waals surface area contributed by atoms with Crippen LogP contribution in [-0.4, -0.2) is 10.7 Å². The van der Waals surface area contributed by atoms with E-state index in [1.807, 2.05) is 24.3 Å². The SMILES string of the molecule is CSN1C=C2C(=CC[C@@H](c3cccc(Cl)c3)[C@H]2c2cccc(Cl)c2)N1.I. The summed E-state index contributed by atoms with van der Waals surface area (Å²) in [5, 5.41) is 1.55. The molecule has 0 amide bonds. The molecule has 136 valence electrons. The minimum absolute atomic E-state index is 0. The Hall–Kier alpha value is -0.820. The van der Waals surface area contributed by atoms with E-state index in [0.29, 0.717) is 5.92 Å². The molecule has 1 heterocycles. The number of hydrogen-bond donors (Lipinski definition) is 1. The van der Waals surface area contributed by atoms with Gasteiger partial charge in [-0.1, -0.05) is 53.5 Å². The number of fused-ring (bicyclic) bond motifs is 1. The average Bonchev–Trinajstić information content (AvgIpc) is 3.04. The van der Waals surface area contributed by atoms with Crippen LogP contribution in [-0.2, 0) is 0 Å². The van der Waals surface area contributed by atoms with E-state index in [1.165, 1.54) is 22.4 Å². The number of rotatable bonds is 3. The second kappa shape index (κ2) is 8.46. The van der Waals surface area contributed by atoms with E-state index >= 15 is 0 Å². The highest BCUT2D eigenvalue weighted by Crippen LogP contribution is 2.49. The van der Waals surface area contributed by atoms with Gasteiger partial charge in [0.05, 0.1) is 5.70 Å². The van der Waals surface area contributed by atoms with Crippen molar-refractivity contribution in [2.75, 3.05) is 6.26 Å². The van der Waals surface area contributed by atoms with Gasteiger partial charge in [-0.25, -0.2) is 4.41 Å². The Balaban J connectivity index is 0.00000196. The fourth-order valence-corrected chi connectivity index (χ4v) is 4.50.